The lowest BCUT2D eigenvalue weighted by molar-refractivity contribution is -0.144. The number of thiazole rings is 1. The molecule has 0 bridgehead atoms. The van der Waals surface area contributed by atoms with Crippen LogP contribution in [-0.4, -0.2) is 33.9 Å². The van der Waals surface area contributed by atoms with E-state index in [0.717, 1.165) is 20.6 Å². The summed E-state index contributed by atoms with van der Waals surface area (Å²) < 4.78 is 19.1. The second kappa shape index (κ2) is 9.89. The number of carbonyl (C=O) groups is 1. The Hall–Kier alpha value is -2.39. The molecule has 9 heteroatoms. The minimum Gasteiger partial charge on any atom is -0.490 e. The SMILES string of the molecule is CCOc1cc(Br)c(CC(=O)OCc2csc(-c3cnn(C)c3)n2)cc1OCC. The van der Waals surface area contributed by atoms with Gasteiger partial charge in [-0.05, 0) is 31.5 Å². The van der Waals surface area contributed by atoms with Crippen molar-refractivity contribution in [1.29, 1.82) is 0 Å². The first-order valence-electron chi connectivity index (χ1n) is 9.17. The number of rotatable bonds is 9. The number of hydrogen-bond donors (Lipinski definition) is 0. The van der Waals surface area contributed by atoms with Gasteiger partial charge in [-0.2, -0.15) is 5.10 Å². The molecule has 0 aliphatic rings. The normalized spacial score (nSPS) is 10.8. The Balaban J connectivity index is 1.62. The maximum absolute atomic E-state index is 12.3. The number of hydrogen-bond acceptors (Lipinski definition) is 7. The molecule has 0 aliphatic carbocycles. The van der Waals surface area contributed by atoms with Crippen molar-refractivity contribution in [3.63, 3.8) is 0 Å². The highest BCUT2D eigenvalue weighted by atomic mass is 79.9. The average Bonchev–Trinajstić information content (AvgIpc) is 3.33. The van der Waals surface area contributed by atoms with Crippen LogP contribution in [0.1, 0.15) is 25.1 Å². The third-order valence-electron chi connectivity index (χ3n) is 3.93. The lowest BCUT2D eigenvalue weighted by Gasteiger charge is -2.14. The maximum Gasteiger partial charge on any atom is 0.310 e. The number of aryl methyl sites for hydroxylation is 1. The fourth-order valence-corrected chi connectivity index (χ4v) is 3.89. The molecule has 0 saturated carbocycles. The van der Waals surface area contributed by atoms with Crippen LogP contribution in [0.25, 0.3) is 10.6 Å². The van der Waals surface area contributed by atoms with Crippen LogP contribution in [-0.2, 0) is 29.6 Å². The number of ether oxygens (including phenoxy) is 3. The second-order valence-corrected chi connectivity index (χ2v) is 7.85. The number of carbonyl (C=O) groups excluding carboxylic acids is 1. The molecule has 0 N–H and O–H groups in total. The lowest BCUT2D eigenvalue weighted by Crippen LogP contribution is -2.09. The van der Waals surface area contributed by atoms with Crippen LogP contribution in [0.4, 0.5) is 0 Å². The van der Waals surface area contributed by atoms with Gasteiger partial charge in [0.15, 0.2) is 11.5 Å². The molecule has 0 amide bonds. The van der Waals surface area contributed by atoms with E-state index < -0.39 is 0 Å². The Kier molecular flexibility index (Phi) is 7.27. The van der Waals surface area contributed by atoms with Gasteiger partial charge >= 0.3 is 5.97 Å². The zero-order valence-corrected chi connectivity index (χ0v) is 18.9. The van der Waals surface area contributed by atoms with Crippen LogP contribution in [0.5, 0.6) is 11.5 Å². The molecule has 0 fully saturated rings. The topological polar surface area (TPSA) is 75.5 Å². The molecular weight excluding hydrogens is 458 g/mol. The van der Waals surface area contributed by atoms with Gasteiger partial charge in [-0.25, -0.2) is 4.98 Å². The van der Waals surface area contributed by atoms with Gasteiger partial charge in [-0.15, -0.1) is 11.3 Å². The highest BCUT2D eigenvalue weighted by molar-refractivity contribution is 9.10. The van der Waals surface area contributed by atoms with Crippen molar-refractivity contribution in [1.82, 2.24) is 14.8 Å². The Morgan fingerprint density at radius 1 is 1.21 bits per heavy atom. The molecule has 0 radical (unpaired) electrons. The minimum atomic E-state index is -0.340. The van der Waals surface area contributed by atoms with Gasteiger partial charge in [0.2, 0.25) is 0 Å². The second-order valence-electron chi connectivity index (χ2n) is 6.14. The van der Waals surface area contributed by atoms with E-state index >= 15 is 0 Å². The van der Waals surface area contributed by atoms with E-state index in [2.05, 4.69) is 26.0 Å². The number of esters is 1. The van der Waals surface area contributed by atoms with Crippen molar-refractivity contribution in [3.05, 3.63) is 45.6 Å². The van der Waals surface area contributed by atoms with Gasteiger partial charge < -0.3 is 14.2 Å². The summed E-state index contributed by atoms with van der Waals surface area (Å²) >= 11 is 4.99. The molecule has 2 heterocycles. The quantitative estimate of drug-likeness (QED) is 0.423. The van der Waals surface area contributed by atoms with Gasteiger partial charge in [0, 0.05) is 28.7 Å². The maximum atomic E-state index is 12.3. The number of nitrogens with zero attached hydrogens (tertiary/aromatic N) is 3. The van der Waals surface area contributed by atoms with E-state index in [1.165, 1.54) is 11.3 Å². The summed E-state index contributed by atoms with van der Waals surface area (Å²) in [6.07, 6.45) is 3.77. The molecule has 29 heavy (non-hydrogen) atoms. The van der Waals surface area contributed by atoms with Crippen molar-refractivity contribution in [2.45, 2.75) is 26.9 Å². The summed E-state index contributed by atoms with van der Waals surface area (Å²) in [5.74, 6) is 0.915. The molecule has 0 saturated heterocycles. The molecule has 2 aromatic heterocycles. The molecule has 154 valence electrons. The highest BCUT2D eigenvalue weighted by Gasteiger charge is 2.15. The van der Waals surface area contributed by atoms with E-state index in [9.17, 15) is 4.79 Å². The smallest absolute Gasteiger partial charge is 0.310 e. The lowest BCUT2D eigenvalue weighted by atomic mass is 10.1. The average molecular weight is 480 g/mol. The van der Waals surface area contributed by atoms with Crippen molar-refractivity contribution in [2.75, 3.05) is 13.2 Å². The fourth-order valence-electron chi connectivity index (χ4n) is 2.65. The van der Waals surface area contributed by atoms with Crippen molar-refractivity contribution in [3.8, 4) is 22.1 Å². The minimum absolute atomic E-state index is 0.118. The highest BCUT2D eigenvalue weighted by Crippen LogP contribution is 2.34. The fraction of sp³-hybridized carbons (Fsp3) is 0.350. The van der Waals surface area contributed by atoms with Gasteiger partial charge in [0.1, 0.15) is 11.6 Å². The van der Waals surface area contributed by atoms with Gasteiger partial charge in [0.25, 0.3) is 0 Å². The first kappa shape index (κ1) is 21.3. The molecule has 3 rings (SSSR count). The van der Waals surface area contributed by atoms with Crippen molar-refractivity contribution in [2.24, 2.45) is 7.05 Å². The van der Waals surface area contributed by atoms with E-state index in [1.807, 2.05) is 44.6 Å². The van der Waals surface area contributed by atoms with Crippen LogP contribution in [0.3, 0.4) is 0 Å². The Labute approximate surface area is 181 Å². The monoisotopic (exact) mass is 479 g/mol. The van der Waals surface area contributed by atoms with E-state index in [0.29, 0.717) is 30.4 Å². The Morgan fingerprint density at radius 2 is 1.93 bits per heavy atom. The van der Waals surface area contributed by atoms with Crippen LogP contribution in [0.15, 0.2) is 34.4 Å². The van der Waals surface area contributed by atoms with Gasteiger partial charge in [-0.1, -0.05) is 15.9 Å². The van der Waals surface area contributed by atoms with E-state index in [1.54, 1.807) is 10.9 Å². The van der Waals surface area contributed by atoms with E-state index in [-0.39, 0.29) is 19.0 Å². The van der Waals surface area contributed by atoms with Crippen LogP contribution in [0, 0.1) is 0 Å². The van der Waals surface area contributed by atoms with Crippen LogP contribution >= 0.6 is 27.3 Å². The molecule has 0 aliphatic heterocycles. The van der Waals surface area contributed by atoms with Crippen molar-refractivity contribution < 1.29 is 19.0 Å². The van der Waals surface area contributed by atoms with Gasteiger partial charge in [0.05, 0.1) is 31.5 Å². The van der Waals surface area contributed by atoms with Crippen molar-refractivity contribution >= 4 is 33.2 Å². The van der Waals surface area contributed by atoms with E-state index in [4.69, 9.17) is 14.2 Å². The van der Waals surface area contributed by atoms with Gasteiger partial charge in [-0.3, -0.25) is 9.48 Å². The molecule has 0 spiro atoms. The molecule has 1 aromatic carbocycles. The molecule has 0 atom stereocenters. The number of aromatic nitrogens is 3. The third kappa shape index (κ3) is 5.57. The molecule has 7 nitrogen and oxygen atoms in total. The predicted molar refractivity (Wildman–Crippen MR) is 114 cm³/mol. The first-order valence-corrected chi connectivity index (χ1v) is 10.8. The zero-order valence-electron chi connectivity index (χ0n) is 16.5. The Morgan fingerprint density at radius 3 is 2.59 bits per heavy atom. The summed E-state index contributed by atoms with van der Waals surface area (Å²) in [6.45, 7) is 4.98. The summed E-state index contributed by atoms with van der Waals surface area (Å²) in [4.78, 5) is 16.8. The Bertz CT molecular complexity index is 986. The van der Waals surface area contributed by atoms with Crippen LogP contribution < -0.4 is 9.47 Å². The number of benzene rings is 1. The predicted octanol–water partition coefficient (Wildman–Crippen LogP) is 4.39. The zero-order chi connectivity index (χ0) is 20.8. The van der Waals surface area contributed by atoms with Crippen LogP contribution in [0.2, 0.25) is 0 Å². The first-order chi connectivity index (χ1) is 14.0. The summed E-state index contributed by atoms with van der Waals surface area (Å²) in [6, 6.07) is 3.63. The molecule has 0 unspecified atom stereocenters. The molecule has 3 aromatic rings. The summed E-state index contributed by atoms with van der Waals surface area (Å²) in [5, 5.41) is 6.88. The summed E-state index contributed by atoms with van der Waals surface area (Å²) in [7, 11) is 1.86. The third-order valence-corrected chi connectivity index (χ3v) is 5.61. The summed E-state index contributed by atoms with van der Waals surface area (Å²) in [5.41, 5.74) is 2.43. The molecular formula is C20H22BrN3O4S. The largest absolute Gasteiger partial charge is 0.490 e. The standard InChI is InChI=1S/C20H22BrN3O4S/c1-4-26-17-6-13(16(21)8-18(17)27-5-2)7-19(25)28-11-15-12-29-20(23-15)14-9-22-24(3)10-14/h6,8-10,12H,4-5,7,11H2,1-3H3. The number of halogens is 1.